The number of aryl methyl sites for hydroxylation is 1. The summed E-state index contributed by atoms with van der Waals surface area (Å²) in [5.74, 6) is -1.76. The number of fused-ring (bicyclic) bond motifs is 1. The Kier molecular flexibility index (Phi) is 9.72. The van der Waals surface area contributed by atoms with Gasteiger partial charge in [0.15, 0.2) is 5.66 Å². The predicted molar refractivity (Wildman–Crippen MR) is 183 cm³/mol. The lowest BCUT2D eigenvalue weighted by Gasteiger charge is -2.47. The van der Waals surface area contributed by atoms with E-state index in [1.54, 1.807) is 14.0 Å². The number of likely N-dealkylation sites (tertiary alicyclic amines) is 1. The molecule has 5 rings (SSSR count). The molecule has 5 unspecified atom stereocenters. The molecule has 266 valence electrons. The third-order valence-corrected chi connectivity index (χ3v) is 9.29. The molecule has 1 saturated heterocycles. The fraction of sp³-hybridized carbons (Fsp3) is 0.611. The maximum absolute atomic E-state index is 14.5. The van der Waals surface area contributed by atoms with Crippen LogP contribution in [0.4, 0.5) is 4.79 Å². The molecule has 13 nitrogen and oxygen atoms in total. The van der Waals surface area contributed by atoms with Gasteiger partial charge in [-0.05, 0) is 64.5 Å². The summed E-state index contributed by atoms with van der Waals surface area (Å²) in [6, 6.07) is 4.72. The van der Waals surface area contributed by atoms with Gasteiger partial charge in [0.05, 0.1) is 25.1 Å². The third kappa shape index (κ3) is 7.51. The Morgan fingerprint density at radius 3 is 2.37 bits per heavy atom. The van der Waals surface area contributed by atoms with Crippen molar-refractivity contribution < 1.29 is 33.4 Å². The van der Waals surface area contributed by atoms with E-state index >= 15 is 0 Å². The molecule has 2 heterocycles. The van der Waals surface area contributed by atoms with Gasteiger partial charge in [-0.3, -0.25) is 29.5 Å². The van der Waals surface area contributed by atoms with Crippen molar-refractivity contribution >= 4 is 40.3 Å². The van der Waals surface area contributed by atoms with E-state index in [9.17, 15) is 24.0 Å². The molecule has 1 aliphatic heterocycles. The fourth-order valence-electron chi connectivity index (χ4n) is 6.70. The molecule has 1 aromatic heterocycles. The van der Waals surface area contributed by atoms with E-state index in [0.717, 1.165) is 18.2 Å². The van der Waals surface area contributed by atoms with E-state index in [4.69, 9.17) is 9.47 Å². The van der Waals surface area contributed by atoms with Gasteiger partial charge in [0.25, 0.3) is 0 Å². The maximum Gasteiger partial charge on any atom is 0.315 e. The zero-order chi connectivity index (χ0) is 36.1. The molecule has 1 aromatic carbocycles. The first-order valence-electron chi connectivity index (χ1n) is 17.1. The van der Waals surface area contributed by atoms with Gasteiger partial charge in [-0.15, -0.1) is 0 Å². The number of rotatable bonds is 10. The number of hydrogen-bond donors (Lipinski definition) is 4. The number of hydrogen-bond acceptors (Lipinski definition) is 9. The lowest BCUT2D eigenvalue weighted by molar-refractivity contribution is -0.161. The molecular weight excluding hydrogens is 628 g/mol. The number of Topliss-reactive ketones (excluding diaryl/α,β-unsaturated/α-hetero) is 2. The van der Waals surface area contributed by atoms with Crippen molar-refractivity contribution in [3.05, 3.63) is 30.0 Å². The van der Waals surface area contributed by atoms with Crippen LogP contribution in [-0.2, 0) is 19.2 Å². The van der Waals surface area contributed by atoms with E-state index < -0.39 is 70.1 Å². The van der Waals surface area contributed by atoms with Crippen molar-refractivity contribution in [1.82, 2.24) is 31.2 Å². The molecule has 3 fully saturated rings. The number of pyridine rings is 1. The van der Waals surface area contributed by atoms with Gasteiger partial charge >= 0.3 is 6.03 Å². The average Bonchev–Trinajstić information content (AvgIpc) is 3.72. The molecule has 0 radical (unpaired) electrons. The van der Waals surface area contributed by atoms with Crippen LogP contribution in [0, 0.1) is 18.3 Å². The number of ketones is 2. The van der Waals surface area contributed by atoms with E-state index in [0.29, 0.717) is 29.1 Å². The molecule has 0 bridgehead atoms. The molecule has 2 aliphatic carbocycles. The van der Waals surface area contributed by atoms with Gasteiger partial charge in [0.1, 0.15) is 29.7 Å². The Labute approximate surface area is 287 Å². The first-order valence-corrected chi connectivity index (χ1v) is 17.1. The van der Waals surface area contributed by atoms with Gasteiger partial charge in [0, 0.05) is 41.2 Å². The van der Waals surface area contributed by atoms with Crippen molar-refractivity contribution in [1.29, 1.82) is 0 Å². The van der Waals surface area contributed by atoms with E-state index in [-0.39, 0.29) is 19.0 Å². The molecule has 13 heteroatoms. The lowest BCUT2D eigenvalue weighted by atomic mass is 9.68. The molecule has 2 aromatic rings. The standard InChI is InChI=1S/C36H50N6O7/c1-10-24-28(43)30(44)36(24,39-20-11-12-20)40-31(45)26-17-22(49-27-15-19(2)37-25-16-21(48-9)13-14-23(25)27)18-42(26)32(46)29(34(3,4)5)38-33(47)41-35(6,7)8/h13-16,20,22,24,26,29,39H,10-12,17-18H2,1-9H3,(H,40,45)(H2,38,41,47). The number of carbonyl (C=O) groups is 5. The quantitative estimate of drug-likeness (QED) is 0.218. The maximum atomic E-state index is 14.5. The second-order valence-electron chi connectivity index (χ2n) is 15.6. The third-order valence-electron chi connectivity index (χ3n) is 9.29. The second kappa shape index (κ2) is 13.2. The Bertz CT molecular complexity index is 1660. The predicted octanol–water partition coefficient (Wildman–Crippen LogP) is 3.16. The van der Waals surface area contributed by atoms with Gasteiger partial charge in [-0.1, -0.05) is 27.7 Å². The minimum Gasteiger partial charge on any atom is -0.497 e. The number of aromatic nitrogens is 1. The van der Waals surface area contributed by atoms with Crippen LogP contribution in [-0.4, -0.2) is 88.4 Å². The van der Waals surface area contributed by atoms with Gasteiger partial charge in [0.2, 0.25) is 23.4 Å². The highest BCUT2D eigenvalue weighted by Crippen LogP contribution is 2.38. The van der Waals surface area contributed by atoms with Crippen molar-refractivity contribution in [2.75, 3.05) is 13.7 Å². The topological polar surface area (TPSA) is 168 Å². The second-order valence-corrected chi connectivity index (χ2v) is 15.6. The minimum atomic E-state index is -1.52. The summed E-state index contributed by atoms with van der Waals surface area (Å²) in [5.41, 5.74) is -1.43. The van der Waals surface area contributed by atoms with Gasteiger partial charge in [-0.2, -0.15) is 0 Å². The number of nitrogens with one attached hydrogen (secondary N) is 4. The van der Waals surface area contributed by atoms with E-state index in [1.165, 1.54) is 4.90 Å². The highest BCUT2D eigenvalue weighted by Gasteiger charge is 2.64. The van der Waals surface area contributed by atoms with Gasteiger partial charge < -0.3 is 30.3 Å². The minimum absolute atomic E-state index is 0.0152. The molecule has 0 spiro atoms. The summed E-state index contributed by atoms with van der Waals surface area (Å²) < 4.78 is 11.9. The summed E-state index contributed by atoms with van der Waals surface area (Å²) >= 11 is 0. The number of benzene rings is 1. The van der Waals surface area contributed by atoms with Gasteiger partial charge in [-0.25, -0.2) is 4.79 Å². The molecule has 5 atom stereocenters. The Morgan fingerprint density at radius 1 is 1.08 bits per heavy atom. The van der Waals surface area contributed by atoms with Crippen LogP contribution in [0.25, 0.3) is 10.9 Å². The highest BCUT2D eigenvalue weighted by atomic mass is 16.5. The van der Waals surface area contributed by atoms with E-state index in [1.807, 2.05) is 72.7 Å². The molecule has 4 amide bonds. The first kappa shape index (κ1) is 36.0. The normalized spacial score (nSPS) is 24.7. The van der Waals surface area contributed by atoms with E-state index in [2.05, 4.69) is 26.3 Å². The van der Waals surface area contributed by atoms with Crippen LogP contribution >= 0.6 is 0 Å². The zero-order valence-corrected chi connectivity index (χ0v) is 30.0. The molecule has 2 saturated carbocycles. The SMILES string of the molecule is CCC1C(=O)C(=O)C1(NC(=O)C1CC(Oc2cc(C)nc3cc(OC)ccc23)CN1C(=O)C(NC(=O)NC(C)(C)C)C(C)(C)C)NC1CC1. The smallest absolute Gasteiger partial charge is 0.315 e. The number of methoxy groups -OCH3 is 1. The summed E-state index contributed by atoms with van der Waals surface area (Å²) in [6.07, 6.45) is 1.52. The summed E-state index contributed by atoms with van der Waals surface area (Å²) in [4.78, 5) is 73.7. The highest BCUT2D eigenvalue weighted by molar-refractivity contribution is 6.49. The summed E-state index contributed by atoms with van der Waals surface area (Å²) in [6.45, 7) is 14.7. The number of urea groups is 1. The molecule has 4 N–H and O–H groups in total. The number of carbonyl (C=O) groups excluding carboxylic acids is 5. The fourth-order valence-corrected chi connectivity index (χ4v) is 6.70. The molecule has 49 heavy (non-hydrogen) atoms. The summed E-state index contributed by atoms with van der Waals surface area (Å²) in [5, 5.41) is 12.6. The van der Waals surface area contributed by atoms with Crippen molar-refractivity contribution in [2.24, 2.45) is 11.3 Å². The monoisotopic (exact) mass is 678 g/mol. The Morgan fingerprint density at radius 2 is 1.78 bits per heavy atom. The van der Waals surface area contributed by atoms with Crippen LogP contribution in [0.3, 0.4) is 0 Å². The average molecular weight is 679 g/mol. The van der Waals surface area contributed by atoms with Crippen LogP contribution in [0.1, 0.15) is 79.8 Å². The Hall–Kier alpha value is -4.26. The number of ether oxygens (including phenoxy) is 2. The van der Waals surface area contributed by atoms with Crippen LogP contribution < -0.4 is 30.7 Å². The van der Waals surface area contributed by atoms with Crippen LogP contribution in [0.2, 0.25) is 0 Å². The van der Waals surface area contributed by atoms with Crippen molar-refractivity contribution in [2.45, 2.75) is 117 Å². The van der Waals surface area contributed by atoms with Crippen LogP contribution in [0.5, 0.6) is 11.5 Å². The lowest BCUT2D eigenvalue weighted by Crippen LogP contribution is -2.80. The zero-order valence-electron chi connectivity index (χ0n) is 30.0. The van der Waals surface area contributed by atoms with Crippen LogP contribution in [0.15, 0.2) is 24.3 Å². The van der Waals surface area contributed by atoms with Crippen molar-refractivity contribution in [3.8, 4) is 11.5 Å². The Balaban J connectivity index is 1.48. The first-order chi connectivity index (χ1) is 22.9. The van der Waals surface area contributed by atoms with Crippen molar-refractivity contribution in [3.63, 3.8) is 0 Å². The summed E-state index contributed by atoms with van der Waals surface area (Å²) in [7, 11) is 1.58. The molecular formula is C36H50N6O7. The number of amides is 4. The number of nitrogens with zero attached hydrogens (tertiary/aromatic N) is 2. The largest absolute Gasteiger partial charge is 0.497 e. The molecule has 3 aliphatic rings.